The summed E-state index contributed by atoms with van der Waals surface area (Å²) >= 11 is 3.31. The van der Waals surface area contributed by atoms with Gasteiger partial charge in [-0.25, -0.2) is 4.79 Å². The Morgan fingerprint density at radius 3 is 2.38 bits per heavy atom. The summed E-state index contributed by atoms with van der Waals surface area (Å²) in [4.78, 5) is 11.0. The van der Waals surface area contributed by atoms with E-state index in [2.05, 4.69) is 26.3 Å². The van der Waals surface area contributed by atoms with Crippen LogP contribution in [0.2, 0.25) is 0 Å². The van der Waals surface area contributed by atoms with E-state index in [0.717, 1.165) is 5.69 Å². The lowest BCUT2D eigenvalue weighted by Crippen LogP contribution is -2.59. The number of nitrogens with zero attached hydrogens (tertiary/aromatic N) is 2. The van der Waals surface area contributed by atoms with Gasteiger partial charge in [0.05, 0.1) is 15.9 Å². The molecule has 120 valence electrons. The van der Waals surface area contributed by atoms with Crippen LogP contribution in [0.3, 0.4) is 0 Å². The summed E-state index contributed by atoms with van der Waals surface area (Å²) in [6.07, 6.45) is -4.29. The molecule has 21 heavy (non-hydrogen) atoms. The number of rotatable bonds is 6. The van der Waals surface area contributed by atoms with E-state index in [-0.39, 0.29) is 6.54 Å². The Bertz CT molecular complexity index is 531. The summed E-state index contributed by atoms with van der Waals surface area (Å²) in [7, 11) is 0. The fourth-order valence-electron chi connectivity index (χ4n) is 1.74. The average molecular weight is 372 g/mol. The average Bonchev–Trinajstić information content (AvgIpc) is 2.70. The van der Waals surface area contributed by atoms with E-state index in [4.69, 9.17) is 5.11 Å². The fourth-order valence-corrected chi connectivity index (χ4v) is 2.45. The predicted molar refractivity (Wildman–Crippen MR) is 73.9 cm³/mol. The molecule has 0 amide bonds. The fraction of sp³-hybridized carbons (Fsp3) is 0.667. The number of carboxylic acid groups (broad SMARTS) is 1. The Kier molecular flexibility index (Phi) is 5.43. The third-order valence-electron chi connectivity index (χ3n) is 3.30. The van der Waals surface area contributed by atoms with E-state index in [0.29, 0.717) is 30.1 Å². The van der Waals surface area contributed by atoms with Crippen molar-refractivity contribution in [3.63, 3.8) is 0 Å². The van der Waals surface area contributed by atoms with Crippen molar-refractivity contribution in [3.8, 4) is 0 Å². The number of alkyl halides is 3. The maximum atomic E-state index is 12.9. The zero-order valence-electron chi connectivity index (χ0n) is 11.9. The Morgan fingerprint density at radius 2 is 2.00 bits per heavy atom. The summed E-state index contributed by atoms with van der Waals surface area (Å²) in [5, 5.41) is 15.2. The Labute approximate surface area is 128 Å². The molecular weight excluding hydrogens is 355 g/mol. The molecule has 0 saturated heterocycles. The Balaban J connectivity index is 3.07. The minimum atomic E-state index is -4.91. The third-order valence-corrected chi connectivity index (χ3v) is 4.21. The van der Waals surface area contributed by atoms with E-state index in [1.165, 1.54) is 0 Å². The molecule has 1 heterocycles. The van der Waals surface area contributed by atoms with Gasteiger partial charge in [-0.2, -0.15) is 18.3 Å². The van der Waals surface area contributed by atoms with Gasteiger partial charge in [-0.05, 0) is 36.2 Å². The van der Waals surface area contributed by atoms with Gasteiger partial charge in [0.1, 0.15) is 0 Å². The minimum Gasteiger partial charge on any atom is -0.480 e. The molecule has 1 aromatic rings. The summed E-state index contributed by atoms with van der Waals surface area (Å²) in [5.74, 6) is -1.97. The number of nitrogens with one attached hydrogen (secondary N) is 1. The molecule has 0 aromatic carbocycles. The van der Waals surface area contributed by atoms with Crippen molar-refractivity contribution in [2.45, 2.75) is 52.0 Å². The molecule has 0 aliphatic rings. The molecule has 1 atom stereocenters. The Morgan fingerprint density at radius 1 is 1.43 bits per heavy atom. The molecular formula is C12H17BrF3N3O2. The van der Waals surface area contributed by atoms with E-state index in [9.17, 15) is 18.0 Å². The number of aliphatic carboxylic acids is 1. The van der Waals surface area contributed by atoms with Gasteiger partial charge in [-0.3, -0.25) is 10.00 Å². The molecule has 0 aliphatic heterocycles. The highest BCUT2D eigenvalue weighted by molar-refractivity contribution is 9.10. The first-order chi connectivity index (χ1) is 9.58. The van der Waals surface area contributed by atoms with Crippen LogP contribution in [0.4, 0.5) is 13.2 Å². The van der Waals surface area contributed by atoms with Crippen molar-refractivity contribution in [2.75, 3.05) is 0 Å². The van der Waals surface area contributed by atoms with Gasteiger partial charge in [-0.15, -0.1) is 0 Å². The second-order valence-electron chi connectivity index (χ2n) is 4.66. The van der Waals surface area contributed by atoms with Crippen LogP contribution >= 0.6 is 15.9 Å². The predicted octanol–water partition coefficient (Wildman–Crippen LogP) is 2.72. The molecule has 0 fully saturated rings. The van der Waals surface area contributed by atoms with Crippen molar-refractivity contribution in [2.24, 2.45) is 0 Å². The van der Waals surface area contributed by atoms with Gasteiger partial charge in [0.2, 0.25) is 5.54 Å². The molecule has 0 saturated carbocycles. The number of carboxylic acids is 1. The first-order valence-electron chi connectivity index (χ1n) is 6.37. The maximum absolute atomic E-state index is 12.9. The first-order valence-corrected chi connectivity index (χ1v) is 7.16. The Hall–Kier alpha value is -1.09. The monoisotopic (exact) mass is 371 g/mol. The van der Waals surface area contributed by atoms with Crippen LogP contribution < -0.4 is 5.32 Å². The SMILES string of the molecule is CCc1nn(CC)c(CNC(C)(C(=O)O)C(F)(F)F)c1Br. The summed E-state index contributed by atoms with van der Waals surface area (Å²) < 4.78 is 41.0. The number of aryl methyl sites for hydroxylation is 2. The summed E-state index contributed by atoms with van der Waals surface area (Å²) in [5.41, 5.74) is -1.80. The van der Waals surface area contributed by atoms with Gasteiger partial charge < -0.3 is 5.11 Å². The van der Waals surface area contributed by atoms with Gasteiger partial charge in [0.15, 0.2) is 0 Å². The van der Waals surface area contributed by atoms with E-state index in [1.807, 2.05) is 13.8 Å². The molecule has 0 radical (unpaired) electrons. The largest absolute Gasteiger partial charge is 0.480 e. The van der Waals surface area contributed by atoms with Crippen molar-refractivity contribution in [3.05, 3.63) is 15.9 Å². The molecule has 9 heteroatoms. The molecule has 2 N–H and O–H groups in total. The molecule has 0 bridgehead atoms. The van der Waals surface area contributed by atoms with Crippen LogP contribution in [0.5, 0.6) is 0 Å². The van der Waals surface area contributed by atoms with Gasteiger partial charge >= 0.3 is 12.1 Å². The van der Waals surface area contributed by atoms with Gasteiger partial charge in [0.25, 0.3) is 0 Å². The zero-order valence-corrected chi connectivity index (χ0v) is 13.5. The normalized spacial score (nSPS) is 15.0. The van der Waals surface area contributed by atoms with Crippen LogP contribution in [-0.2, 0) is 24.3 Å². The van der Waals surface area contributed by atoms with Crippen LogP contribution in [0.15, 0.2) is 4.47 Å². The lowest BCUT2D eigenvalue weighted by Gasteiger charge is -2.28. The summed E-state index contributed by atoms with van der Waals surface area (Å²) in [6, 6.07) is 0. The van der Waals surface area contributed by atoms with Crippen LogP contribution in [0, 0.1) is 0 Å². The van der Waals surface area contributed by atoms with Crippen molar-refractivity contribution >= 4 is 21.9 Å². The van der Waals surface area contributed by atoms with Crippen molar-refractivity contribution < 1.29 is 23.1 Å². The minimum absolute atomic E-state index is 0.260. The highest BCUT2D eigenvalue weighted by Crippen LogP contribution is 2.31. The highest BCUT2D eigenvalue weighted by atomic mass is 79.9. The molecule has 1 aromatic heterocycles. The maximum Gasteiger partial charge on any atom is 0.417 e. The van der Waals surface area contributed by atoms with Crippen LogP contribution in [-0.4, -0.2) is 32.6 Å². The number of hydrogen-bond acceptors (Lipinski definition) is 3. The smallest absolute Gasteiger partial charge is 0.417 e. The number of aromatic nitrogens is 2. The molecule has 0 spiro atoms. The number of hydrogen-bond donors (Lipinski definition) is 2. The topological polar surface area (TPSA) is 67.2 Å². The van der Waals surface area contributed by atoms with Gasteiger partial charge in [0, 0.05) is 13.1 Å². The number of carbonyl (C=O) groups is 1. The van der Waals surface area contributed by atoms with E-state index < -0.39 is 17.7 Å². The standard InChI is InChI=1S/C12H17BrF3N3O2/c1-4-7-9(13)8(19(5-2)18-7)6-17-11(3,10(20)21)12(14,15)16/h17H,4-6H2,1-3H3,(H,20,21). The number of halogens is 4. The summed E-state index contributed by atoms with van der Waals surface area (Å²) in [6.45, 7) is 4.51. The third kappa shape index (κ3) is 3.39. The molecule has 5 nitrogen and oxygen atoms in total. The highest BCUT2D eigenvalue weighted by Gasteiger charge is 2.57. The van der Waals surface area contributed by atoms with Crippen LogP contribution in [0.25, 0.3) is 0 Å². The zero-order chi connectivity index (χ0) is 16.4. The molecule has 1 unspecified atom stereocenters. The second kappa shape index (κ2) is 6.35. The van der Waals surface area contributed by atoms with E-state index in [1.54, 1.807) is 4.68 Å². The van der Waals surface area contributed by atoms with Crippen LogP contribution in [0.1, 0.15) is 32.2 Å². The lowest BCUT2D eigenvalue weighted by molar-refractivity contribution is -0.206. The quantitative estimate of drug-likeness (QED) is 0.806. The first kappa shape index (κ1) is 18.0. The lowest BCUT2D eigenvalue weighted by atomic mass is 10.0. The van der Waals surface area contributed by atoms with Crippen molar-refractivity contribution in [1.82, 2.24) is 15.1 Å². The molecule has 0 aliphatic carbocycles. The van der Waals surface area contributed by atoms with E-state index >= 15 is 0 Å². The van der Waals surface area contributed by atoms with Crippen molar-refractivity contribution in [1.29, 1.82) is 0 Å². The van der Waals surface area contributed by atoms with Gasteiger partial charge in [-0.1, -0.05) is 6.92 Å². The molecule has 1 rings (SSSR count). The second-order valence-corrected chi connectivity index (χ2v) is 5.45.